The molecule has 1 saturated heterocycles. The van der Waals surface area contributed by atoms with Gasteiger partial charge in [-0.15, -0.1) is 6.58 Å². The van der Waals surface area contributed by atoms with E-state index in [1.165, 1.54) is 0 Å². The van der Waals surface area contributed by atoms with Crippen LogP contribution in [0.3, 0.4) is 0 Å². The molecule has 1 aliphatic rings. The molecule has 4 heteroatoms. The topological polar surface area (TPSA) is 63.2 Å². The molecule has 0 unspecified atom stereocenters. The summed E-state index contributed by atoms with van der Waals surface area (Å²) in [6.45, 7) is 6.73. The van der Waals surface area contributed by atoms with Gasteiger partial charge in [0.2, 0.25) is 0 Å². The zero-order chi connectivity index (χ0) is 9.82. The highest BCUT2D eigenvalue weighted by Gasteiger charge is 2.06. The van der Waals surface area contributed by atoms with Crippen LogP contribution in [0.2, 0.25) is 0 Å². The monoisotopic (exact) mass is 171 g/mol. The molecule has 0 bridgehead atoms. The molecule has 1 rings (SSSR count). The van der Waals surface area contributed by atoms with Crippen LogP contribution in [-0.4, -0.2) is 25.0 Å². The Kier molecular flexibility index (Phi) is 13.8. The number of hydrogen-bond donors (Lipinski definition) is 1. The average molecular weight is 171 g/mol. The van der Waals surface area contributed by atoms with E-state index < -0.39 is 0 Å². The van der Waals surface area contributed by atoms with Gasteiger partial charge in [-0.1, -0.05) is 6.08 Å². The predicted molar refractivity (Wildman–Crippen MR) is 43.4 cm³/mol. The van der Waals surface area contributed by atoms with Gasteiger partial charge >= 0.3 is 6.15 Å². The maximum Gasteiger partial charge on any atom is 0.373 e. The van der Waals surface area contributed by atoms with E-state index in [9.17, 15) is 4.79 Å². The maximum absolute atomic E-state index is 10.2. The van der Waals surface area contributed by atoms with Crippen molar-refractivity contribution in [2.24, 2.45) is 0 Å². The van der Waals surface area contributed by atoms with Crippen LogP contribution in [0.1, 0.15) is 13.3 Å². The second-order valence-corrected chi connectivity index (χ2v) is 1.96. The molecule has 0 aromatic heterocycles. The molecule has 0 aromatic rings. The van der Waals surface area contributed by atoms with Crippen LogP contribution in [0.5, 0.6) is 0 Å². The Bertz CT molecular complexity index is 152. The first-order chi connectivity index (χ1) is 5.72. The Morgan fingerprint density at radius 3 is 2.08 bits per heavy atom. The van der Waals surface area contributed by atoms with Crippen LogP contribution in [0, 0.1) is 0 Å². The second-order valence-electron chi connectivity index (χ2n) is 1.96. The van der Waals surface area contributed by atoms with Gasteiger partial charge in [-0.05, 0) is 6.92 Å². The Hall–Kier alpha value is -1.25. The quantitative estimate of drug-likeness (QED) is 0.527. The molecule has 1 heterocycles. The number of ketones is 1. The Morgan fingerprint density at radius 1 is 1.58 bits per heavy atom. The van der Waals surface area contributed by atoms with Gasteiger partial charge in [0.1, 0.15) is 5.78 Å². The van der Waals surface area contributed by atoms with Crippen molar-refractivity contribution in [3.63, 3.8) is 0 Å². The molecular weight excluding hydrogens is 158 g/mol. The molecule has 0 radical (unpaired) electrons. The van der Waals surface area contributed by atoms with Crippen LogP contribution in [0.25, 0.3) is 0 Å². The number of rotatable bonds is 0. The summed E-state index contributed by atoms with van der Waals surface area (Å²) in [5.74, 6) is 0.343. The summed E-state index contributed by atoms with van der Waals surface area (Å²) in [5, 5.41) is 2.92. The highest BCUT2D eigenvalue weighted by Crippen LogP contribution is 1.85. The second kappa shape index (κ2) is 12.4. The zero-order valence-corrected chi connectivity index (χ0v) is 7.13. The van der Waals surface area contributed by atoms with Crippen molar-refractivity contribution in [1.29, 1.82) is 0 Å². The number of carbonyl (C=O) groups is 1. The summed E-state index contributed by atoms with van der Waals surface area (Å²) < 4.78 is 0. The molecule has 0 aliphatic carbocycles. The van der Waals surface area contributed by atoms with Crippen molar-refractivity contribution in [2.45, 2.75) is 13.3 Å². The van der Waals surface area contributed by atoms with Crippen molar-refractivity contribution >= 4 is 11.9 Å². The van der Waals surface area contributed by atoms with Crippen LogP contribution in [-0.2, 0) is 14.4 Å². The summed E-state index contributed by atoms with van der Waals surface area (Å²) in [6, 6.07) is 0. The Morgan fingerprint density at radius 2 is 2.00 bits per heavy atom. The van der Waals surface area contributed by atoms with E-state index in [1.54, 1.807) is 6.08 Å². The molecule has 12 heavy (non-hydrogen) atoms. The van der Waals surface area contributed by atoms with Crippen LogP contribution in [0.15, 0.2) is 12.7 Å². The lowest BCUT2D eigenvalue weighted by atomic mass is 10.4. The number of nitrogens with one attached hydrogen (secondary N) is 1. The van der Waals surface area contributed by atoms with E-state index in [4.69, 9.17) is 9.59 Å². The minimum absolute atomic E-state index is 0.250. The van der Waals surface area contributed by atoms with Crippen molar-refractivity contribution in [1.82, 2.24) is 5.32 Å². The van der Waals surface area contributed by atoms with E-state index in [1.807, 2.05) is 6.92 Å². The van der Waals surface area contributed by atoms with E-state index in [2.05, 4.69) is 11.9 Å². The molecule has 1 fully saturated rings. The van der Waals surface area contributed by atoms with E-state index in [0.717, 1.165) is 13.0 Å². The molecule has 1 aliphatic heterocycles. The number of allylic oxidation sites excluding steroid dienone is 1. The molecule has 4 nitrogen and oxygen atoms in total. The fourth-order valence-corrected chi connectivity index (χ4v) is 0.544. The first-order valence-electron chi connectivity index (χ1n) is 3.51. The lowest BCUT2D eigenvalue weighted by Gasteiger charge is -1.75. The number of carbonyl (C=O) groups excluding carboxylic acids is 3. The smallest absolute Gasteiger partial charge is 0.310 e. The number of Topliss-reactive ketones (excluding diaryl/α,β-unsaturated/α-hetero) is 1. The molecule has 68 valence electrons. The van der Waals surface area contributed by atoms with Gasteiger partial charge in [-0.25, -0.2) is 0 Å². The predicted octanol–water partition coefficient (Wildman–Crippen LogP) is 0.158. The molecular formula is C8H13NO3. The van der Waals surface area contributed by atoms with Gasteiger partial charge in [0.05, 0.1) is 6.54 Å². The molecule has 0 atom stereocenters. The SMILES string of the molecule is C=CC.O=C1CCNC1.O=C=O. The standard InChI is InChI=1S/C4H7NO.C3H6.CO2/c6-4-1-2-5-3-4;1-3-2;2-1-3/h5H,1-3H2;3H,1H2,2H3;. The number of hydrogen-bond acceptors (Lipinski definition) is 4. The summed E-state index contributed by atoms with van der Waals surface area (Å²) in [7, 11) is 0. The summed E-state index contributed by atoms with van der Waals surface area (Å²) >= 11 is 0. The third-order valence-electron chi connectivity index (χ3n) is 0.903. The molecule has 1 N–H and O–H groups in total. The maximum atomic E-state index is 10.2. The van der Waals surface area contributed by atoms with Gasteiger partial charge in [0.15, 0.2) is 0 Å². The Balaban J connectivity index is 0. The molecule has 0 aromatic carbocycles. The van der Waals surface area contributed by atoms with Crippen molar-refractivity contribution in [2.75, 3.05) is 13.1 Å². The van der Waals surface area contributed by atoms with Crippen molar-refractivity contribution in [3.05, 3.63) is 12.7 Å². The summed E-state index contributed by atoms with van der Waals surface area (Å²) in [5.41, 5.74) is 0. The van der Waals surface area contributed by atoms with E-state index in [-0.39, 0.29) is 6.15 Å². The van der Waals surface area contributed by atoms with Crippen molar-refractivity contribution in [3.8, 4) is 0 Å². The highest BCUT2D eigenvalue weighted by molar-refractivity contribution is 5.82. The minimum Gasteiger partial charge on any atom is -0.310 e. The highest BCUT2D eigenvalue weighted by atomic mass is 16.2. The third-order valence-corrected chi connectivity index (χ3v) is 0.903. The van der Waals surface area contributed by atoms with Gasteiger partial charge in [-0.2, -0.15) is 9.59 Å². The van der Waals surface area contributed by atoms with Gasteiger partial charge < -0.3 is 5.32 Å². The molecule has 0 saturated carbocycles. The average Bonchev–Trinajstić information content (AvgIpc) is 2.43. The summed E-state index contributed by atoms with van der Waals surface area (Å²) in [4.78, 5) is 26.4. The van der Waals surface area contributed by atoms with Crippen LogP contribution < -0.4 is 5.32 Å². The first kappa shape index (κ1) is 13.3. The van der Waals surface area contributed by atoms with Gasteiger partial charge in [0.25, 0.3) is 0 Å². The minimum atomic E-state index is 0.250. The van der Waals surface area contributed by atoms with E-state index in [0.29, 0.717) is 12.3 Å². The fourth-order valence-electron chi connectivity index (χ4n) is 0.544. The molecule has 0 spiro atoms. The zero-order valence-electron chi connectivity index (χ0n) is 7.13. The van der Waals surface area contributed by atoms with Crippen LogP contribution >= 0.6 is 0 Å². The Labute approximate surface area is 71.6 Å². The van der Waals surface area contributed by atoms with Crippen molar-refractivity contribution < 1.29 is 14.4 Å². The lowest BCUT2D eigenvalue weighted by Crippen LogP contribution is -2.07. The fraction of sp³-hybridized carbons (Fsp3) is 0.500. The summed E-state index contributed by atoms with van der Waals surface area (Å²) in [6.07, 6.45) is 2.74. The lowest BCUT2D eigenvalue weighted by molar-refractivity contribution is -0.191. The molecule has 0 amide bonds. The largest absolute Gasteiger partial charge is 0.373 e. The van der Waals surface area contributed by atoms with Crippen LogP contribution in [0.4, 0.5) is 0 Å². The van der Waals surface area contributed by atoms with E-state index >= 15 is 0 Å². The van der Waals surface area contributed by atoms with Gasteiger partial charge in [-0.3, -0.25) is 4.79 Å². The third kappa shape index (κ3) is 15.9. The first-order valence-corrected chi connectivity index (χ1v) is 3.51. The normalized spacial score (nSPS) is 12.9. The van der Waals surface area contributed by atoms with Gasteiger partial charge in [0, 0.05) is 13.0 Å².